The Morgan fingerprint density at radius 2 is 1.64 bits per heavy atom. The van der Waals surface area contributed by atoms with Crippen molar-refractivity contribution in [2.24, 2.45) is 23.7 Å². The van der Waals surface area contributed by atoms with E-state index in [0.717, 1.165) is 24.3 Å². The molecule has 4 nitrogen and oxygen atoms in total. The van der Waals surface area contributed by atoms with E-state index in [2.05, 4.69) is 4.90 Å². The number of likely N-dealkylation sites (tertiary alicyclic amines) is 1. The summed E-state index contributed by atoms with van der Waals surface area (Å²) in [6, 6.07) is 0.674. The molecule has 0 spiro atoms. The zero-order valence-corrected chi connectivity index (χ0v) is 13.8. The molecule has 122 valence electrons. The van der Waals surface area contributed by atoms with Crippen molar-refractivity contribution in [3.63, 3.8) is 0 Å². The Labute approximate surface area is 133 Å². The van der Waals surface area contributed by atoms with E-state index >= 15 is 0 Å². The number of rotatable bonds is 2. The molecule has 5 aliphatic rings. The average Bonchev–Trinajstić information content (AvgIpc) is 2.74. The summed E-state index contributed by atoms with van der Waals surface area (Å²) in [7, 11) is 0. The zero-order valence-electron chi connectivity index (χ0n) is 13.8. The lowest BCUT2D eigenvalue weighted by Gasteiger charge is -2.39. The van der Waals surface area contributed by atoms with E-state index in [1.807, 2.05) is 18.7 Å². The molecule has 2 saturated carbocycles. The normalized spacial score (nSPS) is 40.7. The summed E-state index contributed by atoms with van der Waals surface area (Å²) in [5, 5.41) is 0. The zero-order chi connectivity index (χ0) is 15.4. The molecule has 0 aromatic carbocycles. The van der Waals surface area contributed by atoms with E-state index in [1.54, 1.807) is 0 Å². The molecule has 3 saturated heterocycles. The van der Waals surface area contributed by atoms with E-state index in [1.165, 1.54) is 32.1 Å². The van der Waals surface area contributed by atoms with Gasteiger partial charge in [-0.15, -0.1) is 0 Å². The maximum atomic E-state index is 13.1. The van der Waals surface area contributed by atoms with Crippen LogP contribution >= 0.6 is 0 Å². The largest absolute Gasteiger partial charge is 0.339 e. The topological polar surface area (TPSA) is 40.6 Å². The third-order valence-electron chi connectivity index (χ3n) is 6.52. The molecule has 3 aliphatic heterocycles. The molecule has 3 heterocycles. The van der Waals surface area contributed by atoms with Crippen LogP contribution in [0.15, 0.2) is 0 Å². The van der Waals surface area contributed by atoms with E-state index in [9.17, 15) is 9.59 Å². The monoisotopic (exact) mass is 304 g/mol. The summed E-state index contributed by atoms with van der Waals surface area (Å²) < 4.78 is 0. The van der Waals surface area contributed by atoms with E-state index in [4.69, 9.17) is 0 Å². The van der Waals surface area contributed by atoms with Crippen LogP contribution in [-0.2, 0) is 9.59 Å². The number of hydrogen-bond acceptors (Lipinski definition) is 2. The van der Waals surface area contributed by atoms with Gasteiger partial charge in [0, 0.05) is 31.6 Å². The van der Waals surface area contributed by atoms with Gasteiger partial charge in [0.25, 0.3) is 0 Å². The summed E-state index contributed by atoms with van der Waals surface area (Å²) in [5.74, 6) is 2.78. The van der Waals surface area contributed by atoms with Gasteiger partial charge in [-0.05, 0) is 63.7 Å². The third-order valence-corrected chi connectivity index (χ3v) is 6.52. The number of fused-ring (bicyclic) bond motifs is 1. The standard InChI is InChI=1S/C18H28N2O2/c1-11(2)19-10-15(8-17(19)21)18(22)20-9-14-4-12-3-13(5-14)7-16(20)6-12/h11-16H,3-10H2,1-2H3. The molecule has 3 unspecified atom stereocenters. The molecule has 2 amide bonds. The maximum Gasteiger partial charge on any atom is 0.228 e. The van der Waals surface area contributed by atoms with Crippen LogP contribution in [0.2, 0.25) is 0 Å². The quantitative estimate of drug-likeness (QED) is 0.785. The van der Waals surface area contributed by atoms with Gasteiger partial charge in [0.15, 0.2) is 0 Å². The second-order valence-electron chi connectivity index (χ2n) is 8.46. The van der Waals surface area contributed by atoms with Crippen LogP contribution in [0.5, 0.6) is 0 Å². The van der Waals surface area contributed by atoms with Crippen LogP contribution in [0, 0.1) is 23.7 Å². The molecule has 4 bridgehead atoms. The predicted octanol–water partition coefficient (Wildman–Crippen LogP) is 2.28. The molecule has 3 atom stereocenters. The minimum atomic E-state index is -0.0921. The highest BCUT2D eigenvalue weighted by Gasteiger charge is 2.46. The van der Waals surface area contributed by atoms with Crippen molar-refractivity contribution in [1.82, 2.24) is 9.80 Å². The molecule has 4 heteroatoms. The van der Waals surface area contributed by atoms with Crippen LogP contribution in [0.3, 0.4) is 0 Å². The van der Waals surface area contributed by atoms with Crippen molar-refractivity contribution in [3.8, 4) is 0 Å². The summed E-state index contributed by atoms with van der Waals surface area (Å²) in [5.41, 5.74) is 0. The second kappa shape index (κ2) is 5.24. The van der Waals surface area contributed by atoms with E-state index in [-0.39, 0.29) is 23.8 Å². The number of amides is 2. The lowest BCUT2D eigenvalue weighted by molar-refractivity contribution is -0.138. The Kier molecular flexibility index (Phi) is 3.46. The molecule has 5 rings (SSSR count). The smallest absolute Gasteiger partial charge is 0.228 e. The van der Waals surface area contributed by atoms with Crippen molar-refractivity contribution in [3.05, 3.63) is 0 Å². The maximum absolute atomic E-state index is 13.1. The van der Waals surface area contributed by atoms with Crippen molar-refractivity contribution >= 4 is 11.8 Å². The van der Waals surface area contributed by atoms with Gasteiger partial charge in [0.2, 0.25) is 11.8 Å². The van der Waals surface area contributed by atoms with Gasteiger partial charge in [0.05, 0.1) is 5.92 Å². The highest BCUT2D eigenvalue weighted by atomic mass is 16.2. The fourth-order valence-corrected chi connectivity index (χ4v) is 5.68. The first-order chi connectivity index (χ1) is 10.5. The van der Waals surface area contributed by atoms with Crippen molar-refractivity contribution in [2.75, 3.05) is 13.1 Å². The fourth-order valence-electron chi connectivity index (χ4n) is 5.68. The third kappa shape index (κ3) is 2.35. The average molecular weight is 304 g/mol. The van der Waals surface area contributed by atoms with Gasteiger partial charge in [-0.2, -0.15) is 0 Å². The lowest BCUT2D eigenvalue weighted by atomic mass is 9.68. The Morgan fingerprint density at radius 3 is 2.23 bits per heavy atom. The van der Waals surface area contributed by atoms with E-state index in [0.29, 0.717) is 19.0 Å². The van der Waals surface area contributed by atoms with Crippen molar-refractivity contribution in [1.29, 1.82) is 0 Å². The number of carbonyl (C=O) groups is 2. The first kappa shape index (κ1) is 14.5. The second-order valence-corrected chi connectivity index (χ2v) is 8.46. The molecule has 22 heavy (non-hydrogen) atoms. The molecule has 0 N–H and O–H groups in total. The summed E-state index contributed by atoms with van der Waals surface area (Å²) in [6.45, 7) is 5.67. The lowest BCUT2D eigenvalue weighted by Crippen LogP contribution is -2.45. The van der Waals surface area contributed by atoms with Gasteiger partial charge in [-0.25, -0.2) is 0 Å². The van der Waals surface area contributed by atoms with Crippen LogP contribution < -0.4 is 0 Å². The highest BCUT2D eigenvalue weighted by Crippen LogP contribution is 2.47. The van der Waals surface area contributed by atoms with Crippen LogP contribution in [0.25, 0.3) is 0 Å². The van der Waals surface area contributed by atoms with E-state index < -0.39 is 0 Å². The van der Waals surface area contributed by atoms with Gasteiger partial charge in [0.1, 0.15) is 0 Å². The number of carbonyl (C=O) groups excluding carboxylic acids is 2. The Bertz CT molecular complexity index is 475. The summed E-state index contributed by atoms with van der Waals surface area (Å²) in [4.78, 5) is 29.3. The van der Waals surface area contributed by atoms with Gasteiger partial charge in [-0.1, -0.05) is 0 Å². The summed E-state index contributed by atoms with van der Waals surface area (Å²) in [6.07, 6.45) is 6.92. The van der Waals surface area contributed by atoms with Crippen molar-refractivity contribution < 1.29 is 9.59 Å². The minimum Gasteiger partial charge on any atom is -0.339 e. The van der Waals surface area contributed by atoms with Gasteiger partial charge >= 0.3 is 0 Å². The molecule has 2 aliphatic carbocycles. The van der Waals surface area contributed by atoms with Crippen molar-refractivity contribution in [2.45, 2.75) is 64.5 Å². The Hall–Kier alpha value is -1.06. The van der Waals surface area contributed by atoms with Crippen LogP contribution in [0.1, 0.15) is 52.4 Å². The molecular weight excluding hydrogens is 276 g/mol. The Morgan fingerprint density at radius 1 is 1.00 bits per heavy atom. The van der Waals surface area contributed by atoms with Gasteiger partial charge < -0.3 is 9.80 Å². The summed E-state index contributed by atoms with van der Waals surface area (Å²) >= 11 is 0. The number of nitrogens with zero attached hydrogens (tertiary/aromatic N) is 2. The molecular formula is C18H28N2O2. The van der Waals surface area contributed by atoms with Crippen LogP contribution in [0.4, 0.5) is 0 Å². The molecule has 0 radical (unpaired) electrons. The molecule has 5 fully saturated rings. The molecule has 0 aromatic rings. The predicted molar refractivity (Wildman–Crippen MR) is 84.0 cm³/mol. The minimum absolute atomic E-state index is 0.0921. The van der Waals surface area contributed by atoms with Crippen LogP contribution in [-0.4, -0.2) is 46.8 Å². The number of hydrogen-bond donors (Lipinski definition) is 0. The van der Waals surface area contributed by atoms with Gasteiger partial charge in [-0.3, -0.25) is 9.59 Å². The first-order valence-corrected chi connectivity index (χ1v) is 9.11. The fraction of sp³-hybridized carbons (Fsp3) is 0.889. The Balaban J connectivity index is 1.50. The SMILES string of the molecule is CC(C)N1CC(C(=O)N2CC3CC4CC(C3)CC2C4)CC1=O. The molecule has 0 aromatic heterocycles. The highest BCUT2D eigenvalue weighted by molar-refractivity contribution is 5.89. The first-order valence-electron chi connectivity index (χ1n) is 9.11.